The van der Waals surface area contributed by atoms with Crippen LogP contribution in [0.3, 0.4) is 0 Å². The first kappa shape index (κ1) is 19.4. The summed E-state index contributed by atoms with van der Waals surface area (Å²) in [6, 6.07) is 0. The molecule has 0 bridgehead atoms. The van der Waals surface area contributed by atoms with Gasteiger partial charge in [0.05, 0.1) is 18.8 Å². The third-order valence-electron chi connectivity index (χ3n) is 4.93. The van der Waals surface area contributed by atoms with Gasteiger partial charge in [-0.1, -0.05) is 26.2 Å². The topological polar surface area (TPSA) is 66.8 Å². The van der Waals surface area contributed by atoms with E-state index in [4.69, 9.17) is 4.74 Å². The molecule has 1 unspecified atom stereocenters. The first-order chi connectivity index (χ1) is 10.6. The lowest BCUT2D eigenvalue weighted by molar-refractivity contribution is -0.143. The molecule has 4 heteroatoms. The van der Waals surface area contributed by atoms with Crippen molar-refractivity contribution in [2.45, 2.75) is 90.3 Å². The molecular weight excluding hydrogens is 280 g/mol. The highest BCUT2D eigenvalue weighted by atomic mass is 16.5. The predicted octanol–water partition coefficient (Wildman–Crippen LogP) is 3.44. The number of hydrogen-bond acceptors (Lipinski definition) is 4. The normalized spacial score (nSPS) is 26.1. The second kappa shape index (κ2) is 11.0. The lowest BCUT2D eigenvalue weighted by Crippen LogP contribution is -2.22. The maximum absolute atomic E-state index is 11.5. The molecule has 0 spiro atoms. The highest BCUT2D eigenvalue weighted by Crippen LogP contribution is 2.38. The molecule has 0 radical (unpaired) electrons. The highest BCUT2D eigenvalue weighted by molar-refractivity contribution is 5.69. The van der Waals surface area contributed by atoms with Gasteiger partial charge in [0.25, 0.3) is 0 Å². The van der Waals surface area contributed by atoms with Crippen LogP contribution in [0.25, 0.3) is 0 Å². The fourth-order valence-corrected chi connectivity index (χ4v) is 3.61. The van der Waals surface area contributed by atoms with Gasteiger partial charge in [-0.2, -0.15) is 0 Å². The van der Waals surface area contributed by atoms with E-state index >= 15 is 0 Å². The lowest BCUT2D eigenvalue weighted by Gasteiger charge is -2.23. The van der Waals surface area contributed by atoms with Crippen LogP contribution in [0.2, 0.25) is 0 Å². The van der Waals surface area contributed by atoms with Gasteiger partial charge in [-0.15, -0.1) is 0 Å². The van der Waals surface area contributed by atoms with Crippen LogP contribution in [0.5, 0.6) is 0 Å². The van der Waals surface area contributed by atoms with Gasteiger partial charge >= 0.3 is 5.97 Å². The molecule has 1 aliphatic rings. The number of ether oxygens (including phenoxy) is 1. The molecule has 1 saturated carbocycles. The number of rotatable bonds is 11. The van der Waals surface area contributed by atoms with Crippen LogP contribution in [0, 0.1) is 11.8 Å². The van der Waals surface area contributed by atoms with Crippen LogP contribution in [0.15, 0.2) is 0 Å². The van der Waals surface area contributed by atoms with E-state index in [2.05, 4.69) is 6.92 Å². The predicted molar refractivity (Wildman–Crippen MR) is 87.5 cm³/mol. The lowest BCUT2D eigenvalue weighted by atomic mass is 9.86. The molecule has 1 rings (SSSR count). The van der Waals surface area contributed by atoms with Crippen molar-refractivity contribution >= 4 is 5.97 Å². The summed E-state index contributed by atoms with van der Waals surface area (Å²) < 4.78 is 4.96. The quantitative estimate of drug-likeness (QED) is 0.453. The second-order valence-corrected chi connectivity index (χ2v) is 6.64. The van der Waals surface area contributed by atoms with Crippen molar-refractivity contribution in [3.05, 3.63) is 0 Å². The molecule has 0 amide bonds. The standard InChI is InChI=1S/C18H34O4/c1-3-5-6-7-15(19)10-8-14-9-12-17(20)16(14)11-13-18(21)22-4-2/h14-17,19-20H,3-13H2,1-2H3/t14-,15?,16-,17-/m0/s1. The number of carbonyl (C=O) groups excluding carboxylic acids is 1. The van der Waals surface area contributed by atoms with Gasteiger partial charge in [-0.05, 0) is 57.3 Å². The molecule has 2 N–H and O–H groups in total. The van der Waals surface area contributed by atoms with Gasteiger partial charge in [0, 0.05) is 6.42 Å². The van der Waals surface area contributed by atoms with E-state index in [1.807, 2.05) is 6.92 Å². The number of aliphatic hydroxyl groups excluding tert-OH is 2. The van der Waals surface area contributed by atoms with Crippen LogP contribution < -0.4 is 0 Å². The minimum atomic E-state index is -0.295. The summed E-state index contributed by atoms with van der Waals surface area (Å²) in [5.41, 5.74) is 0. The Morgan fingerprint density at radius 3 is 2.64 bits per heavy atom. The molecular formula is C18H34O4. The Hall–Kier alpha value is -0.610. The zero-order valence-electron chi connectivity index (χ0n) is 14.3. The smallest absolute Gasteiger partial charge is 0.305 e. The third kappa shape index (κ3) is 7.10. The van der Waals surface area contributed by atoms with E-state index in [9.17, 15) is 15.0 Å². The van der Waals surface area contributed by atoms with Gasteiger partial charge in [-0.25, -0.2) is 0 Å². The molecule has 4 atom stereocenters. The molecule has 0 aromatic heterocycles. The number of unbranched alkanes of at least 4 members (excludes halogenated alkanes) is 2. The van der Waals surface area contributed by atoms with E-state index in [0.29, 0.717) is 25.4 Å². The zero-order valence-corrected chi connectivity index (χ0v) is 14.3. The van der Waals surface area contributed by atoms with Gasteiger partial charge in [0.15, 0.2) is 0 Å². The summed E-state index contributed by atoms with van der Waals surface area (Å²) in [6.07, 6.45) is 8.54. The molecule has 0 saturated heterocycles. The zero-order chi connectivity index (χ0) is 16.4. The maximum atomic E-state index is 11.5. The van der Waals surface area contributed by atoms with Crippen molar-refractivity contribution in [3.8, 4) is 0 Å². The second-order valence-electron chi connectivity index (χ2n) is 6.64. The van der Waals surface area contributed by atoms with Crippen LogP contribution in [0.4, 0.5) is 0 Å². The van der Waals surface area contributed by atoms with Crippen molar-refractivity contribution < 1.29 is 19.7 Å². The van der Waals surface area contributed by atoms with Gasteiger partial charge in [0.1, 0.15) is 0 Å². The fourth-order valence-electron chi connectivity index (χ4n) is 3.61. The van der Waals surface area contributed by atoms with E-state index in [-0.39, 0.29) is 24.1 Å². The number of esters is 1. The Bertz CT molecular complexity index is 305. The molecule has 0 heterocycles. The summed E-state index contributed by atoms with van der Waals surface area (Å²) in [7, 11) is 0. The largest absolute Gasteiger partial charge is 0.466 e. The summed E-state index contributed by atoms with van der Waals surface area (Å²) >= 11 is 0. The molecule has 4 nitrogen and oxygen atoms in total. The van der Waals surface area contributed by atoms with Crippen LogP contribution in [-0.2, 0) is 9.53 Å². The number of aliphatic hydroxyl groups is 2. The summed E-state index contributed by atoms with van der Waals surface area (Å²) in [6.45, 7) is 4.39. The van der Waals surface area contributed by atoms with Crippen LogP contribution >= 0.6 is 0 Å². The summed E-state index contributed by atoms with van der Waals surface area (Å²) in [5.74, 6) is 0.456. The highest BCUT2D eigenvalue weighted by Gasteiger charge is 2.34. The third-order valence-corrected chi connectivity index (χ3v) is 4.93. The van der Waals surface area contributed by atoms with Crippen LogP contribution in [-0.4, -0.2) is 35.0 Å². The monoisotopic (exact) mass is 314 g/mol. The van der Waals surface area contributed by atoms with E-state index in [0.717, 1.165) is 38.5 Å². The minimum absolute atomic E-state index is 0.167. The Morgan fingerprint density at radius 2 is 1.95 bits per heavy atom. The van der Waals surface area contributed by atoms with E-state index in [1.54, 1.807) is 0 Å². The SMILES string of the molecule is CCCCCC(O)CC[C@H]1CC[C@H](O)[C@H]1CCC(=O)OCC. The first-order valence-electron chi connectivity index (χ1n) is 9.10. The summed E-state index contributed by atoms with van der Waals surface area (Å²) in [4.78, 5) is 11.5. The van der Waals surface area contributed by atoms with Gasteiger partial charge < -0.3 is 14.9 Å². The molecule has 1 aliphatic carbocycles. The van der Waals surface area contributed by atoms with Crippen LogP contribution in [0.1, 0.15) is 78.1 Å². The Morgan fingerprint density at radius 1 is 1.18 bits per heavy atom. The van der Waals surface area contributed by atoms with Crippen molar-refractivity contribution in [1.29, 1.82) is 0 Å². The Kier molecular flexibility index (Phi) is 9.73. The minimum Gasteiger partial charge on any atom is -0.466 e. The molecule has 130 valence electrons. The van der Waals surface area contributed by atoms with Crippen molar-refractivity contribution in [3.63, 3.8) is 0 Å². The van der Waals surface area contributed by atoms with E-state index < -0.39 is 0 Å². The molecule has 0 aromatic carbocycles. The van der Waals surface area contributed by atoms with Crippen molar-refractivity contribution in [2.75, 3.05) is 6.61 Å². The van der Waals surface area contributed by atoms with Gasteiger partial charge in [0.2, 0.25) is 0 Å². The Labute approximate surface area is 135 Å². The number of hydrogen-bond donors (Lipinski definition) is 2. The molecule has 1 fully saturated rings. The fraction of sp³-hybridized carbons (Fsp3) is 0.944. The summed E-state index contributed by atoms with van der Waals surface area (Å²) in [5, 5.41) is 20.2. The van der Waals surface area contributed by atoms with Gasteiger partial charge in [-0.3, -0.25) is 4.79 Å². The van der Waals surface area contributed by atoms with Crippen molar-refractivity contribution in [1.82, 2.24) is 0 Å². The van der Waals surface area contributed by atoms with Crippen molar-refractivity contribution in [2.24, 2.45) is 11.8 Å². The average Bonchev–Trinajstić information content (AvgIpc) is 2.84. The molecule has 0 aromatic rings. The van der Waals surface area contributed by atoms with E-state index in [1.165, 1.54) is 12.8 Å². The molecule has 22 heavy (non-hydrogen) atoms. The maximum Gasteiger partial charge on any atom is 0.305 e. The Balaban J connectivity index is 2.29. The number of carbonyl (C=O) groups is 1. The molecule has 0 aliphatic heterocycles. The first-order valence-corrected chi connectivity index (χ1v) is 9.10. The average molecular weight is 314 g/mol.